The molecular weight excluding hydrogens is 303 g/mol. The fourth-order valence-electron chi connectivity index (χ4n) is 3.19. The number of nitrogens with zero attached hydrogens (tertiary/aromatic N) is 1. The van der Waals surface area contributed by atoms with Gasteiger partial charge in [0.2, 0.25) is 0 Å². The van der Waals surface area contributed by atoms with Crippen LogP contribution in [0.3, 0.4) is 0 Å². The van der Waals surface area contributed by atoms with Crippen molar-refractivity contribution >= 4 is 24.8 Å². The topological polar surface area (TPSA) is 24.9 Å². The van der Waals surface area contributed by atoms with Crippen molar-refractivity contribution in [1.29, 1.82) is 0 Å². The molecule has 0 spiro atoms. The van der Waals surface area contributed by atoms with Crippen molar-refractivity contribution in [2.24, 2.45) is 0 Å². The van der Waals surface area contributed by atoms with Gasteiger partial charge in [0.15, 0.2) is 0 Å². The van der Waals surface area contributed by atoms with Crippen LogP contribution >= 0.6 is 24.8 Å². The van der Waals surface area contributed by atoms with E-state index in [1.165, 1.54) is 11.1 Å². The van der Waals surface area contributed by atoms with E-state index < -0.39 is 0 Å². The predicted octanol–water partition coefficient (Wildman–Crippen LogP) is 4.52. The smallest absolute Gasteiger partial charge is 0.0331 e. The first-order valence-corrected chi connectivity index (χ1v) is 6.89. The molecule has 1 aliphatic heterocycles. The normalized spacial score (nSPS) is 23.0. The van der Waals surface area contributed by atoms with Crippen LogP contribution in [-0.2, 0) is 0 Å². The van der Waals surface area contributed by atoms with Gasteiger partial charge in [-0.25, -0.2) is 0 Å². The lowest BCUT2D eigenvalue weighted by Crippen LogP contribution is -2.37. The van der Waals surface area contributed by atoms with Crippen LogP contribution < -0.4 is 5.32 Å². The van der Waals surface area contributed by atoms with E-state index >= 15 is 0 Å². The van der Waals surface area contributed by atoms with Crippen molar-refractivity contribution in [1.82, 2.24) is 10.3 Å². The van der Waals surface area contributed by atoms with Crippen LogP contribution in [0.25, 0.3) is 0 Å². The van der Waals surface area contributed by atoms with Crippen molar-refractivity contribution in [2.75, 3.05) is 0 Å². The van der Waals surface area contributed by atoms with E-state index in [0.29, 0.717) is 12.0 Å². The molecule has 0 saturated carbocycles. The average Bonchev–Trinajstić information content (AvgIpc) is 2.77. The van der Waals surface area contributed by atoms with Crippen molar-refractivity contribution in [3.05, 3.63) is 66.0 Å². The highest BCUT2D eigenvalue weighted by molar-refractivity contribution is 5.85. The molecule has 4 heteroatoms. The lowest BCUT2D eigenvalue weighted by atomic mass is 9.83. The van der Waals surface area contributed by atoms with E-state index in [-0.39, 0.29) is 30.4 Å². The molecule has 21 heavy (non-hydrogen) atoms. The highest BCUT2D eigenvalue weighted by Gasteiger charge is 2.40. The minimum atomic E-state index is 0. The first kappa shape index (κ1) is 18.0. The van der Waals surface area contributed by atoms with Gasteiger partial charge in [-0.15, -0.1) is 24.8 Å². The second kappa shape index (κ2) is 7.26. The average molecular weight is 325 g/mol. The molecule has 1 fully saturated rings. The van der Waals surface area contributed by atoms with Gasteiger partial charge < -0.3 is 5.32 Å². The molecule has 1 aromatic heterocycles. The zero-order valence-corrected chi connectivity index (χ0v) is 14.0. The molecule has 1 aliphatic rings. The summed E-state index contributed by atoms with van der Waals surface area (Å²) in [5.74, 6) is 0.528. The molecule has 1 N–H and O–H groups in total. The van der Waals surface area contributed by atoms with Gasteiger partial charge in [-0.05, 0) is 43.5 Å². The van der Waals surface area contributed by atoms with Crippen LogP contribution in [0.1, 0.15) is 43.4 Å². The number of nitrogens with one attached hydrogen (secondary N) is 1. The molecule has 1 saturated heterocycles. The standard InChI is InChI=1S/C17H20N2.2ClH/c1-17(2)15(13-8-10-18-11-9-13)12-16(19-17)14-6-4-3-5-7-14;;/h3-11,15-16,19H,12H2,1-2H3;2*1H/t15-,16+;;/m1../s1. The van der Waals surface area contributed by atoms with Crippen molar-refractivity contribution in [2.45, 2.75) is 37.8 Å². The Balaban J connectivity index is 0.00000110. The minimum absolute atomic E-state index is 0. The lowest BCUT2D eigenvalue weighted by Gasteiger charge is -2.27. The van der Waals surface area contributed by atoms with E-state index in [9.17, 15) is 0 Å². The number of benzene rings is 1. The molecule has 2 nitrogen and oxygen atoms in total. The van der Waals surface area contributed by atoms with Crippen LogP contribution in [0.15, 0.2) is 54.9 Å². The molecule has 2 atom stereocenters. The summed E-state index contributed by atoms with van der Waals surface area (Å²) in [7, 11) is 0. The Bertz CT molecular complexity index is 543. The van der Waals surface area contributed by atoms with Crippen LogP contribution in [0.2, 0.25) is 0 Å². The molecule has 2 aromatic rings. The first-order chi connectivity index (χ1) is 9.17. The molecule has 0 aliphatic carbocycles. The summed E-state index contributed by atoms with van der Waals surface area (Å²) < 4.78 is 0. The fourth-order valence-corrected chi connectivity index (χ4v) is 3.19. The van der Waals surface area contributed by atoms with E-state index in [4.69, 9.17) is 0 Å². The second-order valence-corrected chi connectivity index (χ2v) is 5.90. The summed E-state index contributed by atoms with van der Waals surface area (Å²) in [6, 6.07) is 15.4. The maximum absolute atomic E-state index is 4.12. The fraction of sp³-hybridized carbons (Fsp3) is 0.353. The van der Waals surface area contributed by atoms with Gasteiger partial charge >= 0.3 is 0 Å². The van der Waals surface area contributed by atoms with Gasteiger partial charge in [0.05, 0.1) is 0 Å². The van der Waals surface area contributed by atoms with E-state index in [1.807, 2.05) is 12.4 Å². The molecule has 1 aromatic carbocycles. The van der Waals surface area contributed by atoms with Gasteiger partial charge in [-0.1, -0.05) is 30.3 Å². The quantitative estimate of drug-likeness (QED) is 0.878. The van der Waals surface area contributed by atoms with E-state index in [1.54, 1.807) is 0 Å². The summed E-state index contributed by atoms with van der Waals surface area (Å²) in [5, 5.41) is 3.77. The molecule has 114 valence electrons. The van der Waals surface area contributed by atoms with Crippen LogP contribution in [0.4, 0.5) is 0 Å². The third-order valence-corrected chi connectivity index (χ3v) is 4.20. The maximum Gasteiger partial charge on any atom is 0.0331 e. The Morgan fingerprint density at radius 3 is 2.19 bits per heavy atom. The Kier molecular flexibility index (Phi) is 6.21. The van der Waals surface area contributed by atoms with Gasteiger partial charge in [0.25, 0.3) is 0 Å². The predicted molar refractivity (Wildman–Crippen MR) is 92.5 cm³/mol. The highest BCUT2D eigenvalue weighted by Crippen LogP contribution is 2.43. The number of aromatic nitrogens is 1. The Hall–Kier alpha value is -1.09. The Labute approximate surface area is 139 Å². The number of pyridine rings is 1. The lowest BCUT2D eigenvalue weighted by molar-refractivity contribution is 0.397. The third kappa shape index (κ3) is 3.76. The highest BCUT2D eigenvalue weighted by atomic mass is 35.5. The minimum Gasteiger partial charge on any atom is -0.304 e. The molecule has 0 radical (unpaired) electrons. The van der Waals surface area contributed by atoms with Gasteiger partial charge in [0.1, 0.15) is 0 Å². The number of halogens is 2. The molecule has 0 unspecified atom stereocenters. The van der Waals surface area contributed by atoms with Crippen LogP contribution in [-0.4, -0.2) is 10.5 Å². The van der Waals surface area contributed by atoms with Crippen LogP contribution in [0.5, 0.6) is 0 Å². The maximum atomic E-state index is 4.12. The number of hydrogen-bond donors (Lipinski definition) is 1. The summed E-state index contributed by atoms with van der Waals surface area (Å²) in [5.41, 5.74) is 2.88. The molecule has 2 heterocycles. The Morgan fingerprint density at radius 1 is 0.952 bits per heavy atom. The van der Waals surface area contributed by atoms with E-state index in [0.717, 1.165) is 6.42 Å². The first-order valence-electron chi connectivity index (χ1n) is 6.89. The van der Waals surface area contributed by atoms with Crippen molar-refractivity contribution in [3.63, 3.8) is 0 Å². The van der Waals surface area contributed by atoms with Crippen molar-refractivity contribution < 1.29 is 0 Å². The van der Waals surface area contributed by atoms with Gasteiger partial charge in [-0.3, -0.25) is 4.98 Å². The Morgan fingerprint density at radius 2 is 1.57 bits per heavy atom. The zero-order chi connectivity index (χ0) is 13.3. The van der Waals surface area contributed by atoms with Gasteiger partial charge in [-0.2, -0.15) is 0 Å². The monoisotopic (exact) mass is 324 g/mol. The number of rotatable bonds is 2. The number of hydrogen-bond acceptors (Lipinski definition) is 2. The molecular formula is C17H22Cl2N2. The molecule has 0 bridgehead atoms. The van der Waals surface area contributed by atoms with Crippen molar-refractivity contribution in [3.8, 4) is 0 Å². The van der Waals surface area contributed by atoms with Crippen LogP contribution in [0, 0.1) is 0 Å². The van der Waals surface area contributed by atoms with E-state index in [2.05, 4.69) is 66.6 Å². The SMILES string of the molecule is CC1(C)N[C@H](c2ccccc2)C[C@@H]1c1ccncc1.Cl.Cl. The summed E-state index contributed by atoms with van der Waals surface area (Å²) in [6.45, 7) is 4.59. The summed E-state index contributed by atoms with van der Waals surface area (Å²) in [4.78, 5) is 4.12. The third-order valence-electron chi connectivity index (χ3n) is 4.20. The second-order valence-electron chi connectivity index (χ2n) is 5.90. The summed E-state index contributed by atoms with van der Waals surface area (Å²) in [6.07, 6.45) is 4.92. The zero-order valence-electron chi connectivity index (χ0n) is 12.3. The van der Waals surface area contributed by atoms with Gasteiger partial charge in [0, 0.05) is 29.9 Å². The molecule has 3 rings (SSSR count). The largest absolute Gasteiger partial charge is 0.304 e. The summed E-state index contributed by atoms with van der Waals surface area (Å²) >= 11 is 0. The molecule has 0 amide bonds.